The molecule has 0 radical (unpaired) electrons. The molecule has 0 aliphatic heterocycles. The van der Waals surface area contributed by atoms with Crippen LogP contribution in [0.15, 0.2) is 18.2 Å². The van der Waals surface area contributed by atoms with Crippen LogP contribution in [0.5, 0.6) is 0 Å². The Morgan fingerprint density at radius 1 is 1.53 bits per heavy atom. The van der Waals surface area contributed by atoms with Gasteiger partial charge in [-0.3, -0.25) is 0 Å². The van der Waals surface area contributed by atoms with Gasteiger partial charge in [0, 0.05) is 0 Å². The predicted molar refractivity (Wildman–Crippen MR) is 63.3 cm³/mol. The van der Waals surface area contributed by atoms with E-state index in [-0.39, 0.29) is 17.7 Å². The van der Waals surface area contributed by atoms with Crippen LogP contribution in [0, 0.1) is 18.7 Å². The van der Waals surface area contributed by atoms with Gasteiger partial charge in [-0.05, 0) is 43.4 Å². The number of benzene rings is 1. The summed E-state index contributed by atoms with van der Waals surface area (Å²) in [5, 5.41) is 2.95. The van der Waals surface area contributed by atoms with Gasteiger partial charge in [0.15, 0.2) is 0 Å². The van der Waals surface area contributed by atoms with E-state index in [4.69, 9.17) is 4.74 Å². The van der Waals surface area contributed by atoms with Crippen LogP contribution in [0.25, 0.3) is 0 Å². The first-order chi connectivity index (χ1) is 8.11. The van der Waals surface area contributed by atoms with Crippen LogP contribution in [0.3, 0.4) is 0 Å². The lowest BCUT2D eigenvalue weighted by molar-refractivity contribution is -0.142. The molecule has 0 heterocycles. The van der Waals surface area contributed by atoms with Gasteiger partial charge in [0.1, 0.15) is 11.9 Å². The molecule has 2 rings (SSSR count). The molecule has 0 bridgehead atoms. The van der Waals surface area contributed by atoms with Crippen LogP contribution in [0.2, 0.25) is 0 Å². The van der Waals surface area contributed by atoms with Gasteiger partial charge in [0.2, 0.25) is 0 Å². The highest BCUT2D eigenvalue weighted by atomic mass is 19.1. The van der Waals surface area contributed by atoms with Gasteiger partial charge in [-0.2, -0.15) is 0 Å². The average molecular weight is 237 g/mol. The van der Waals surface area contributed by atoms with Crippen LogP contribution in [-0.2, 0) is 9.53 Å². The van der Waals surface area contributed by atoms with E-state index < -0.39 is 6.04 Å². The van der Waals surface area contributed by atoms with Crippen molar-refractivity contribution in [3.05, 3.63) is 29.6 Å². The molecule has 92 valence electrons. The van der Waals surface area contributed by atoms with E-state index >= 15 is 0 Å². The summed E-state index contributed by atoms with van der Waals surface area (Å²) in [6, 6.07) is 4.37. The Labute approximate surface area is 100.0 Å². The Kier molecular flexibility index (Phi) is 3.31. The summed E-state index contributed by atoms with van der Waals surface area (Å²) in [6.07, 6.45) is 1.97. The maximum absolute atomic E-state index is 13.6. The third-order valence-electron chi connectivity index (χ3n) is 2.98. The Morgan fingerprint density at radius 3 is 2.82 bits per heavy atom. The van der Waals surface area contributed by atoms with E-state index in [1.165, 1.54) is 13.2 Å². The van der Waals surface area contributed by atoms with Crippen molar-refractivity contribution < 1.29 is 13.9 Å². The number of hydrogen-bond donors (Lipinski definition) is 1. The SMILES string of the molecule is COC(=O)C(Nc1cc(C)ccc1F)C1CC1. The van der Waals surface area contributed by atoms with Crippen molar-refractivity contribution in [2.75, 3.05) is 12.4 Å². The molecule has 0 spiro atoms. The second kappa shape index (κ2) is 4.73. The van der Waals surface area contributed by atoms with Crippen molar-refractivity contribution in [1.29, 1.82) is 0 Å². The molecule has 1 unspecified atom stereocenters. The lowest BCUT2D eigenvalue weighted by Gasteiger charge is -2.17. The fourth-order valence-corrected chi connectivity index (χ4v) is 1.84. The first-order valence-corrected chi connectivity index (χ1v) is 5.72. The average Bonchev–Trinajstić information content (AvgIpc) is 3.13. The monoisotopic (exact) mass is 237 g/mol. The van der Waals surface area contributed by atoms with E-state index in [1.54, 1.807) is 12.1 Å². The number of rotatable bonds is 4. The van der Waals surface area contributed by atoms with Crippen molar-refractivity contribution in [3.63, 3.8) is 0 Å². The maximum Gasteiger partial charge on any atom is 0.328 e. The molecule has 0 amide bonds. The molecule has 1 aromatic carbocycles. The highest BCUT2D eigenvalue weighted by Gasteiger charge is 2.37. The Morgan fingerprint density at radius 2 is 2.24 bits per heavy atom. The number of halogens is 1. The molecule has 1 N–H and O–H groups in total. The Bertz CT molecular complexity index is 429. The molecule has 1 atom stereocenters. The number of ether oxygens (including phenoxy) is 1. The zero-order valence-electron chi connectivity index (χ0n) is 10.00. The van der Waals surface area contributed by atoms with Crippen LogP contribution in [-0.4, -0.2) is 19.1 Å². The second-order valence-electron chi connectivity index (χ2n) is 4.47. The smallest absolute Gasteiger partial charge is 0.328 e. The van der Waals surface area contributed by atoms with Gasteiger partial charge >= 0.3 is 5.97 Å². The summed E-state index contributed by atoms with van der Waals surface area (Å²) >= 11 is 0. The molecule has 1 saturated carbocycles. The minimum atomic E-state index is -0.434. The fourth-order valence-electron chi connectivity index (χ4n) is 1.84. The van der Waals surface area contributed by atoms with Gasteiger partial charge in [0.25, 0.3) is 0 Å². The van der Waals surface area contributed by atoms with Crippen LogP contribution >= 0.6 is 0 Å². The molecular formula is C13H16FNO2. The lowest BCUT2D eigenvalue weighted by Crippen LogP contribution is -2.33. The molecule has 3 nitrogen and oxygen atoms in total. The van der Waals surface area contributed by atoms with E-state index in [0.717, 1.165) is 18.4 Å². The van der Waals surface area contributed by atoms with E-state index in [1.807, 2.05) is 6.92 Å². The lowest BCUT2D eigenvalue weighted by atomic mass is 10.1. The normalized spacial score (nSPS) is 16.4. The summed E-state index contributed by atoms with van der Waals surface area (Å²) in [5.41, 5.74) is 1.32. The van der Waals surface area contributed by atoms with E-state index in [9.17, 15) is 9.18 Å². The van der Waals surface area contributed by atoms with Gasteiger partial charge in [-0.1, -0.05) is 6.07 Å². The summed E-state index contributed by atoms with van der Waals surface area (Å²) in [7, 11) is 1.35. The third-order valence-corrected chi connectivity index (χ3v) is 2.98. The van der Waals surface area contributed by atoms with E-state index in [2.05, 4.69) is 5.32 Å². The summed E-state index contributed by atoms with van der Waals surface area (Å²) in [6.45, 7) is 1.88. The predicted octanol–water partition coefficient (Wildman–Crippen LogP) is 2.50. The maximum atomic E-state index is 13.6. The van der Waals surface area contributed by atoms with Gasteiger partial charge in [-0.15, -0.1) is 0 Å². The number of nitrogens with one attached hydrogen (secondary N) is 1. The number of aryl methyl sites for hydroxylation is 1. The Hall–Kier alpha value is -1.58. The third kappa shape index (κ3) is 2.75. The van der Waals surface area contributed by atoms with Gasteiger partial charge in [-0.25, -0.2) is 9.18 Å². The minimum absolute atomic E-state index is 0.266. The molecule has 1 aliphatic rings. The largest absolute Gasteiger partial charge is 0.467 e. The molecule has 0 saturated heterocycles. The molecule has 17 heavy (non-hydrogen) atoms. The van der Waals surface area contributed by atoms with E-state index in [0.29, 0.717) is 5.69 Å². The van der Waals surface area contributed by atoms with Gasteiger partial charge in [0.05, 0.1) is 12.8 Å². The standard InChI is InChI=1S/C13H16FNO2/c1-8-3-6-10(14)11(7-8)15-12(9-4-5-9)13(16)17-2/h3,6-7,9,12,15H,4-5H2,1-2H3. The fraction of sp³-hybridized carbons (Fsp3) is 0.462. The Balaban J connectivity index is 2.16. The first-order valence-electron chi connectivity index (χ1n) is 5.72. The van der Waals surface area contributed by atoms with Crippen molar-refractivity contribution in [2.24, 2.45) is 5.92 Å². The zero-order chi connectivity index (χ0) is 12.4. The number of esters is 1. The highest BCUT2D eigenvalue weighted by molar-refractivity contribution is 5.80. The van der Waals surface area contributed by atoms with Gasteiger partial charge < -0.3 is 10.1 Å². The molecule has 0 aromatic heterocycles. The van der Waals surface area contributed by atoms with Crippen LogP contribution in [0.1, 0.15) is 18.4 Å². The highest BCUT2D eigenvalue weighted by Crippen LogP contribution is 2.35. The summed E-state index contributed by atoms with van der Waals surface area (Å²) in [4.78, 5) is 11.6. The number of anilines is 1. The molecular weight excluding hydrogens is 221 g/mol. The van der Waals surface area contributed by atoms with Crippen LogP contribution in [0.4, 0.5) is 10.1 Å². The molecule has 1 fully saturated rings. The van der Waals surface area contributed by atoms with Crippen molar-refractivity contribution in [1.82, 2.24) is 0 Å². The summed E-state index contributed by atoms with van der Waals surface area (Å²) < 4.78 is 18.3. The first kappa shape index (κ1) is 11.9. The van der Waals surface area contributed by atoms with Crippen molar-refractivity contribution in [2.45, 2.75) is 25.8 Å². The summed E-state index contributed by atoms with van der Waals surface area (Å²) in [5.74, 6) is -0.402. The number of carbonyl (C=O) groups is 1. The molecule has 4 heteroatoms. The van der Waals surface area contributed by atoms with Crippen molar-refractivity contribution in [3.8, 4) is 0 Å². The number of carbonyl (C=O) groups excluding carboxylic acids is 1. The quantitative estimate of drug-likeness (QED) is 0.818. The number of methoxy groups -OCH3 is 1. The molecule has 1 aliphatic carbocycles. The van der Waals surface area contributed by atoms with Crippen LogP contribution < -0.4 is 5.32 Å². The number of hydrogen-bond acceptors (Lipinski definition) is 3. The topological polar surface area (TPSA) is 38.3 Å². The second-order valence-corrected chi connectivity index (χ2v) is 4.47. The zero-order valence-corrected chi connectivity index (χ0v) is 10.00. The minimum Gasteiger partial charge on any atom is -0.467 e. The molecule has 1 aromatic rings. The van der Waals surface area contributed by atoms with Crippen molar-refractivity contribution >= 4 is 11.7 Å².